The highest BCUT2D eigenvalue weighted by Crippen LogP contribution is 2.01. The van der Waals surface area contributed by atoms with Crippen LogP contribution in [0.3, 0.4) is 0 Å². The molecule has 1 aliphatic heterocycles. The molecule has 4 heteroatoms. The first-order chi connectivity index (χ1) is 4.33. The Labute approximate surface area is 53.2 Å². The number of hydrogen-bond donors (Lipinski definition) is 3. The van der Waals surface area contributed by atoms with E-state index in [1.54, 1.807) is 0 Å². The second kappa shape index (κ2) is 2.80. The largest absolute Gasteiger partial charge is 0.392 e. The Hall–Kier alpha value is -0.610. The lowest BCUT2D eigenvalue weighted by molar-refractivity contribution is -0.110. The maximum absolute atomic E-state index is 9.83. The van der Waals surface area contributed by atoms with E-state index in [1.165, 1.54) is 0 Å². The fourth-order valence-corrected chi connectivity index (χ4v) is 0.926. The SMILES string of the molecule is O=CNC1CC(O)CN1. The Balaban J connectivity index is 2.21. The average Bonchev–Trinajstić information content (AvgIpc) is 2.17. The van der Waals surface area contributed by atoms with Gasteiger partial charge in [0, 0.05) is 13.0 Å². The summed E-state index contributed by atoms with van der Waals surface area (Å²) in [4.78, 5) is 9.83. The van der Waals surface area contributed by atoms with Gasteiger partial charge in [0.2, 0.25) is 6.41 Å². The maximum atomic E-state index is 9.83. The molecule has 1 aliphatic rings. The van der Waals surface area contributed by atoms with Gasteiger partial charge in [-0.3, -0.25) is 10.1 Å². The molecule has 0 aliphatic carbocycles. The summed E-state index contributed by atoms with van der Waals surface area (Å²) < 4.78 is 0. The molecule has 1 saturated heterocycles. The first-order valence-electron chi connectivity index (χ1n) is 2.94. The quantitative estimate of drug-likeness (QED) is 0.395. The molecular formula is C5H10N2O2. The Kier molecular flexibility index (Phi) is 2.02. The summed E-state index contributed by atoms with van der Waals surface area (Å²) in [7, 11) is 0. The van der Waals surface area contributed by atoms with Crippen molar-refractivity contribution in [3.8, 4) is 0 Å². The molecule has 4 nitrogen and oxygen atoms in total. The van der Waals surface area contributed by atoms with Crippen molar-refractivity contribution in [3.63, 3.8) is 0 Å². The van der Waals surface area contributed by atoms with Crippen molar-refractivity contribution in [3.05, 3.63) is 0 Å². The van der Waals surface area contributed by atoms with Gasteiger partial charge < -0.3 is 10.4 Å². The van der Waals surface area contributed by atoms with Crippen LogP contribution in [0.4, 0.5) is 0 Å². The highest BCUT2D eigenvalue weighted by molar-refractivity contribution is 5.46. The van der Waals surface area contributed by atoms with E-state index in [4.69, 9.17) is 5.11 Å². The molecule has 1 fully saturated rings. The lowest BCUT2D eigenvalue weighted by atomic mass is 10.3. The third-order valence-electron chi connectivity index (χ3n) is 1.38. The Morgan fingerprint density at radius 1 is 1.78 bits per heavy atom. The van der Waals surface area contributed by atoms with Crippen LogP contribution in [0.15, 0.2) is 0 Å². The minimum Gasteiger partial charge on any atom is -0.392 e. The van der Waals surface area contributed by atoms with E-state index in [9.17, 15) is 4.79 Å². The van der Waals surface area contributed by atoms with Crippen molar-refractivity contribution < 1.29 is 9.90 Å². The zero-order chi connectivity index (χ0) is 6.69. The van der Waals surface area contributed by atoms with E-state index >= 15 is 0 Å². The summed E-state index contributed by atoms with van der Waals surface area (Å²) in [5.74, 6) is 0. The number of β-amino-alcohol motifs (C(OH)–C–C–N with tert-alkyl or cyclic N) is 1. The molecule has 0 aromatic rings. The van der Waals surface area contributed by atoms with E-state index in [0.29, 0.717) is 19.4 Å². The van der Waals surface area contributed by atoms with Crippen molar-refractivity contribution in [2.45, 2.75) is 18.7 Å². The third kappa shape index (κ3) is 1.65. The fourth-order valence-electron chi connectivity index (χ4n) is 0.926. The minimum absolute atomic E-state index is 0.0301. The number of carbonyl (C=O) groups excluding carboxylic acids is 1. The molecule has 1 rings (SSSR count). The lowest BCUT2D eigenvalue weighted by Gasteiger charge is -2.05. The van der Waals surface area contributed by atoms with Crippen LogP contribution in [0.25, 0.3) is 0 Å². The highest BCUT2D eigenvalue weighted by Gasteiger charge is 2.20. The molecule has 1 amide bonds. The topological polar surface area (TPSA) is 61.4 Å². The van der Waals surface area contributed by atoms with Crippen LogP contribution in [0.2, 0.25) is 0 Å². The molecule has 2 unspecified atom stereocenters. The van der Waals surface area contributed by atoms with Gasteiger partial charge in [-0.25, -0.2) is 0 Å². The molecule has 0 spiro atoms. The van der Waals surface area contributed by atoms with Crippen molar-refractivity contribution in [2.24, 2.45) is 0 Å². The maximum Gasteiger partial charge on any atom is 0.208 e. The molecule has 3 N–H and O–H groups in total. The minimum atomic E-state index is -0.303. The van der Waals surface area contributed by atoms with Crippen molar-refractivity contribution in [1.29, 1.82) is 0 Å². The van der Waals surface area contributed by atoms with E-state index in [-0.39, 0.29) is 12.3 Å². The first kappa shape index (κ1) is 6.51. The monoisotopic (exact) mass is 130 g/mol. The molecule has 0 aromatic heterocycles. The van der Waals surface area contributed by atoms with Crippen molar-refractivity contribution in [1.82, 2.24) is 10.6 Å². The molecule has 0 saturated carbocycles. The molecular weight excluding hydrogens is 120 g/mol. The van der Waals surface area contributed by atoms with Gasteiger partial charge in [-0.15, -0.1) is 0 Å². The summed E-state index contributed by atoms with van der Waals surface area (Å²) in [6.45, 7) is 0.575. The fraction of sp³-hybridized carbons (Fsp3) is 0.800. The summed E-state index contributed by atoms with van der Waals surface area (Å²) in [5.41, 5.74) is 0. The van der Waals surface area contributed by atoms with Crippen molar-refractivity contribution in [2.75, 3.05) is 6.54 Å². The van der Waals surface area contributed by atoms with Crippen LogP contribution in [-0.2, 0) is 4.79 Å². The van der Waals surface area contributed by atoms with Gasteiger partial charge >= 0.3 is 0 Å². The Bertz CT molecular complexity index is 107. The molecule has 0 radical (unpaired) electrons. The third-order valence-corrected chi connectivity index (χ3v) is 1.38. The number of carbonyl (C=O) groups is 1. The van der Waals surface area contributed by atoms with Crippen LogP contribution in [0.1, 0.15) is 6.42 Å². The Morgan fingerprint density at radius 3 is 3.00 bits per heavy atom. The zero-order valence-corrected chi connectivity index (χ0v) is 5.00. The van der Waals surface area contributed by atoms with Gasteiger partial charge in [-0.05, 0) is 0 Å². The summed E-state index contributed by atoms with van der Waals surface area (Å²) in [5, 5.41) is 14.3. The normalized spacial score (nSPS) is 34.3. The number of nitrogens with one attached hydrogen (secondary N) is 2. The smallest absolute Gasteiger partial charge is 0.208 e. The zero-order valence-electron chi connectivity index (χ0n) is 5.00. The summed E-state index contributed by atoms with van der Waals surface area (Å²) in [6, 6.07) is 0. The number of rotatable bonds is 2. The van der Waals surface area contributed by atoms with Crippen LogP contribution in [0, 0.1) is 0 Å². The van der Waals surface area contributed by atoms with E-state index in [0.717, 1.165) is 0 Å². The van der Waals surface area contributed by atoms with Gasteiger partial charge in [0.05, 0.1) is 12.3 Å². The number of hydrogen-bond acceptors (Lipinski definition) is 3. The van der Waals surface area contributed by atoms with Gasteiger partial charge in [-0.1, -0.05) is 0 Å². The summed E-state index contributed by atoms with van der Waals surface area (Å²) >= 11 is 0. The van der Waals surface area contributed by atoms with Crippen LogP contribution >= 0.6 is 0 Å². The molecule has 0 aromatic carbocycles. The molecule has 9 heavy (non-hydrogen) atoms. The van der Waals surface area contributed by atoms with Gasteiger partial charge in [0.15, 0.2) is 0 Å². The van der Waals surface area contributed by atoms with E-state index in [2.05, 4.69) is 10.6 Å². The van der Waals surface area contributed by atoms with Gasteiger partial charge in [-0.2, -0.15) is 0 Å². The van der Waals surface area contributed by atoms with Gasteiger partial charge in [0.1, 0.15) is 0 Å². The average molecular weight is 130 g/mol. The van der Waals surface area contributed by atoms with Crippen LogP contribution in [0.5, 0.6) is 0 Å². The lowest BCUT2D eigenvalue weighted by Crippen LogP contribution is -2.35. The van der Waals surface area contributed by atoms with Crippen molar-refractivity contribution >= 4 is 6.41 Å². The molecule has 1 heterocycles. The number of amides is 1. The molecule has 0 bridgehead atoms. The summed E-state index contributed by atoms with van der Waals surface area (Å²) in [6.07, 6.45) is 0.911. The predicted octanol–water partition coefficient (Wildman–Crippen LogP) is -1.59. The standard InChI is InChI=1S/C5H10N2O2/c8-3-7-5-1-4(9)2-6-5/h3-6,9H,1-2H2,(H,7,8). The van der Waals surface area contributed by atoms with E-state index in [1.807, 2.05) is 0 Å². The van der Waals surface area contributed by atoms with Crippen LogP contribution < -0.4 is 10.6 Å². The first-order valence-corrected chi connectivity index (χ1v) is 2.94. The van der Waals surface area contributed by atoms with Gasteiger partial charge in [0.25, 0.3) is 0 Å². The highest BCUT2D eigenvalue weighted by atomic mass is 16.3. The Morgan fingerprint density at radius 2 is 2.56 bits per heavy atom. The second-order valence-electron chi connectivity index (χ2n) is 2.13. The van der Waals surface area contributed by atoms with Crippen LogP contribution in [-0.4, -0.2) is 30.3 Å². The molecule has 52 valence electrons. The number of aliphatic hydroxyl groups excluding tert-OH is 1. The predicted molar refractivity (Wildman–Crippen MR) is 31.6 cm³/mol. The second-order valence-corrected chi connectivity index (χ2v) is 2.13. The number of aliphatic hydroxyl groups is 1. The molecule has 2 atom stereocenters. The van der Waals surface area contributed by atoms with E-state index < -0.39 is 0 Å².